The molecule has 5 nitrogen and oxygen atoms in total. The largest absolute Gasteiger partial charge is 0.486 e. The molecule has 7 heteroatoms. The van der Waals surface area contributed by atoms with Crippen molar-refractivity contribution in [3.8, 4) is 5.75 Å². The molecule has 4 rings (SSSR count). The minimum absolute atomic E-state index is 0.0887. The Labute approximate surface area is 160 Å². The van der Waals surface area contributed by atoms with Crippen molar-refractivity contribution in [3.63, 3.8) is 0 Å². The molecule has 0 radical (unpaired) electrons. The summed E-state index contributed by atoms with van der Waals surface area (Å²) in [6, 6.07) is 8.15. The molecular formula is C20H19ClFN3O2. The third kappa shape index (κ3) is 3.90. The number of carbonyl (C=O) groups excluding carboxylic acids is 1. The number of nitrogens with zero attached hydrogens (tertiary/aromatic N) is 1. The predicted octanol–water partition coefficient (Wildman–Crippen LogP) is 4.35. The zero-order chi connectivity index (χ0) is 19.0. The van der Waals surface area contributed by atoms with Gasteiger partial charge in [0, 0.05) is 34.3 Å². The second-order valence-electron chi connectivity index (χ2n) is 7.16. The van der Waals surface area contributed by atoms with Crippen molar-refractivity contribution in [1.82, 2.24) is 15.3 Å². The minimum Gasteiger partial charge on any atom is -0.486 e. The maximum absolute atomic E-state index is 13.2. The summed E-state index contributed by atoms with van der Waals surface area (Å²) < 4.78 is 18.9. The fourth-order valence-electron chi connectivity index (χ4n) is 2.88. The highest BCUT2D eigenvalue weighted by Gasteiger charge is 2.44. The van der Waals surface area contributed by atoms with Crippen molar-refractivity contribution < 1.29 is 13.9 Å². The van der Waals surface area contributed by atoms with Gasteiger partial charge in [0.05, 0.1) is 17.3 Å². The Balaban J connectivity index is 1.46. The Morgan fingerprint density at radius 1 is 1.37 bits per heavy atom. The molecule has 1 aliphatic carbocycles. The van der Waals surface area contributed by atoms with E-state index in [9.17, 15) is 9.18 Å². The first-order valence-electron chi connectivity index (χ1n) is 8.76. The number of ether oxygens (including phenoxy) is 1. The molecule has 0 aliphatic heterocycles. The average molecular weight is 388 g/mol. The van der Waals surface area contributed by atoms with E-state index in [1.165, 1.54) is 18.3 Å². The molecule has 140 valence electrons. The van der Waals surface area contributed by atoms with Crippen LogP contribution in [-0.2, 0) is 17.9 Å². The molecule has 2 aromatic heterocycles. The normalized spacial score (nSPS) is 14.9. The van der Waals surface area contributed by atoms with E-state index in [2.05, 4.69) is 15.3 Å². The molecule has 0 atom stereocenters. The molecular weight excluding hydrogens is 369 g/mol. The Morgan fingerprint density at radius 2 is 2.19 bits per heavy atom. The van der Waals surface area contributed by atoms with Crippen LogP contribution in [0.4, 0.5) is 4.39 Å². The van der Waals surface area contributed by atoms with Crippen molar-refractivity contribution in [2.45, 2.75) is 32.9 Å². The number of fused-ring (bicyclic) bond motifs is 1. The van der Waals surface area contributed by atoms with Crippen LogP contribution in [0.5, 0.6) is 5.75 Å². The molecule has 1 fully saturated rings. The van der Waals surface area contributed by atoms with Gasteiger partial charge in [-0.1, -0.05) is 18.5 Å². The van der Waals surface area contributed by atoms with Crippen LogP contribution < -0.4 is 10.1 Å². The van der Waals surface area contributed by atoms with Crippen LogP contribution >= 0.6 is 11.6 Å². The number of nitrogens with one attached hydrogen (secondary N) is 2. The fourth-order valence-corrected chi connectivity index (χ4v) is 3.11. The smallest absolute Gasteiger partial charge is 0.226 e. The van der Waals surface area contributed by atoms with Crippen LogP contribution in [0.3, 0.4) is 0 Å². The first-order chi connectivity index (χ1) is 12.9. The van der Waals surface area contributed by atoms with Crippen molar-refractivity contribution in [1.29, 1.82) is 0 Å². The predicted molar refractivity (Wildman–Crippen MR) is 101 cm³/mol. The molecule has 0 spiro atoms. The van der Waals surface area contributed by atoms with E-state index in [-0.39, 0.29) is 23.7 Å². The van der Waals surface area contributed by atoms with E-state index in [0.717, 1.165) is 29.4 Å². The molecule has 1 aliphatic rings. The number of hydrogen-bond donors (Lipinski definition) is 2. The fraction of sp³-hybridized carbons (Fsp3) is 0.300. The molecule has 0 unspecified atom stereocenters. The van der Waals surface area contributed by atoms with Gasteiger partial charge in [-0.3, -0.25) is 9.78 Å². The van der Waals surface area contributed by atoms with Crippen molar-refractivity contribution in [2.24, 2.45) is 5.41 Å². The zero-order valence-corrected chi connectivity index (χ0v) is 15.6. The van der Waals surface area contributed by atoms with Gasteiger partial charge in [0.25, 0.3) is 0 Å². The zero-order valence-electron chi connectivity index (χ0n) is 14.8. The van der Waals surface area contributed by atoms with Gasteiger partial charge in [-0.15, -0.1) is 0 Å². The Kier molecular flexibility index (Phi) is 4.52. The van der Waals surface area contributed by atoms with Crippen LogP contribution in [0, 0.1) is 11.2 Å². The number of hydrogen-bond acceptors (Lipinski definition) is 3. The van der Waals surface area contributed by atoms with Gasteiger partial charge in [-0.2, -0.15) is 0 Å². The van der Waals surface area contributed by atoms with Gasteiger partial charge in [-0.05, 0) is 37.1 Å². The number of H-pyrrole nitrogens is 1. The molecule has 1 amide bonds. The lowest BCUT2D eigenvalue weighted by molar-refractivity contribution is -0.125. The van der Waals surface area contributed by atoms with E-state index in [1.807, 2.05) is 13.0 Å². The average Bonchev–Trinajstić information content (AvgIpc) is 3.27. The number of pyridine rings is 1. The lowest BCUT2D eigenvalue weighted by atomic mass is 10.1. The summed E-state index contributed by atoms with van der Waals surface area (Å²) in [5.74, 6) is 0.213. The van der Waals surface area contributed by atoms with Gasteiger partial charge in [-0.25, -0.2) is 4.39 Å². The van der Waals surface area contributed by atoms with E-state index in [4.69, 9.17) is 16.3 Å². The lowest BCUT2D eigenvalue weighted by Crippen LogP contribution is -2.29. The van der Waals surface area contributed by atoms with Crippen LogP contribution in [0.15, 0.2) is 36.5 Å². The monoisotopic (exact) mass is 387 g/mol. The molecule has 1 saturated carbocycles. The first-order valence-corrected chi connectivity index (χ1v) is 9.13. The number of rotatable bonds is 6. The highest BCUT2D eigenvalue weighted by Crippen LogP contribution is 2.45. The summed E-state index contributed by atoms with van der Waals surface area (Å²) in [5, 5.41) is 4.35. The van der Waals surface area contributed by atoms with E-state index < -0.39 is 0 Å². The lowest BCUT2D eigenvalue weighted by Gasteiger charge is -2.08. The molecule has 3 aromatic rings. The van der Waals surface area contributed by atoms with Crippen molar-refractivity contribution in [2.75, 3.05) is 0 Å². The number of aromatic nitrogens is 2. The Morgan fingerprint density at radius 3 is 2.93 bits per heavy atom. The standard InChI is InChI=1S/C20H19ClFN3O2/c1-20(3-4-20)19(26)24-10-14-6-12-7-16(21)18(9-17(12)25-14)27-11-15-8-13(22)2-5-23-15/h2,5-9,25H,3-4,10-11H2,1H3,(H,24,26). The van der Waals surface area contributed by atoms with Crippen molar-refractivity contribution in [3.05, 3.63) is 58.8 Å². The second-order valence-corrected chi connectivity index (χ2v) is 7.57. The van der Waals surface area contributed by atoms with Gasteiger partial charge in [0.15, 0.2) is 0 Å². The molecule has 0 saturated heterocycles. The molecule has 2 heterocycles. The second kappa shape index (κ2) is 6.85. The molecule has 2 N–H and O–H groups in total. The van der Waals surface area contributed by atoms with E-state index >= 15 is 0 Å². The SMILES string of the molecule is CC1(C(=O)NCc2cc3cc(Cl)c(OCc4cc(F)ccn4)cc3[nH]2)CC1. The van der Waals surface area contributed by atoms with Crippen LogP contribution in [0.2, 0.25) is 5.02 Å². The maximum Gasteiger partial charge on any atom is 0.226 e. The van der Waals surface area contributed by atoms with Gasteiger partial charge in [0.2, 0.25) is 5.91 Å². The summed E-state index contributed by atoms with van der Waals surface area (Å²) in [6.45, 7) is 2.53. The minimum atomic E-state index is -0.360. The van der Waals surface area contributed by atoms with Crippen molar-refractivity contribution >= 4 is 28.4 Å². The van der Waals surface area contributed by atoms with Gasteiger partial charge >= 0.3 is 0 Å². The molecule has 1 aromatic carbocycles. The number of halogens is 2. The summed E-state index contributed by atoms with van der Waals surface area (Å²) >= 11 is 6.30. The molecule has 27 heavy (non-hydrogen) atoms. The summed E-state index contributed by atoms with van der Waals surface area (Å²) in [6.07, 6.45) is 3.29. The summed E-state index contributed by atoms with van der Waals surface area (Å²) in [7, 11) is 0. The summed E-state index contributed by atoms with van der Waals surface area (Å²) in [4.78, 5) is 19.4. The van der Waals surface area contributed by atoms with Crippen LogP contribution in [0.1, 0.15) is 31.2 Å². The van der Waals surface area contributed by atoms with E-state index in [1.54, 1.807) is 12.1 Å². The van der Waals surface area contributed by atoms with Crippen LogP contribution in [-0.4, -0.2) is 15.9 Å². The van der Waals surface area contributed by atoms with Crippen LogP contribution in [0.25, 0.3) is 10.9 Å². The number of carbonyl (C=O) groups is 1. The topological polar surface area (TPSA) is 67.0 Å². The Bertz CT molecular complexity index is 1010. The highest BCUT2D eigenvalue weighted by atomic mass is 35.5. The number of benzene rings is 1. The Hall–Kier alpha value is -2.60. The first kappa shape index (κ1) is 17.8. The maximum atomic E-state index is 13.2. The highest BCUT2D eigenvalue weighted by molar-refractivity contribution is 6.32. The molecule has 0 bridgehead atoms. The van der Waals surface area contributed by atoms with Gasteiger partial charge in [0.1, 0.15) is 18.2 Å². The van der Waals surface area contributed by atoms with Gasteiger partial charge < -0.3 is 15.0 Å². The van der Waals surface area contributed by atoms with E-state index in [0.29, 0.717) is 23.0 Å². The quantitative estimate of drug-likeness (QED) is 0.660. The number of aromatic amines is 1. The summed E-state index contributed by atoms with van der Waals surface area (Å²) in [5.41, 5.74) is 2.03. The third-order valence-corrected chi connectivity index (χ3v) is 5.17. The third-order valence-electron chi connectivity index (χ3n) is 4.87. The number of amides is 1.